The zero-order valence-electron chi connectivity index (χ0n) is 12.9. The summed E-state index contributed by atoms with van der Waals surface area (Å²) in [5, 5.41) is 4.67. The molecule has 0 atom stereocenters. The Morgan fingerprint density at radius 1 is 1.26 bits per heavy atom. The molecule has 1 aliphatic carbocycles. The lowest BCUT2D eigenvalue weighted by Crippen LogP contribution is -3.13. The van der Waals surface area contributed by atoms with Gasteiger partial charge in [0.2, 0.25) is 4.77 Å². The molecule has 0 amide bonds. The fraction of sp³-hybridized carbons (Fsp3) is 0.500. The summed E-state index contributed by atoms with van der Waals surface area (Å²) in [6.45, 7) is 4.15. The van der Waals surface area contributed by atoms with Gasteiger partial charge in [-0.3, -0.25) is 4.57 Å². The van der Waals surface area contributed by atoms with Crippen LogP contribution in [0.25, 0.3) is 11.4 Å². The zero-order valence-corrected chi connectivity index (χ0v) is 13.7. The highest BCUT2D eigenvalue weighted by Crippen LogP contribution is 2.38. The summed E-state index contributed by atoms with van der Waals surface area (Å²) in [4.78, 5) is 1.40. The van der Waals surface area contributed by atoms with Crippen molar-refractivity contribution in [2.45, 2.75) is 25.6 Å². The Labute approximate surface area is 139 Å². The third-order valence-electron chi connectivity index (χ3n) is 4.47. The number of benzene rings is 1. The van der Waals surface area contributed by atoms with Crippen molar-refractivity contribution in [1.82, 2.24) is 14.3 Å². The first kappa shape index (κ1) is 15.0. The molecule has 2 aromatic rings. The molecule has 1 saturated heterocycles. The van der Waals surface area contributed by atoms with Crippen LogP contribution in [0.15, 0.2) is 24.3 Å². The standard InChI is InChI=1S/C16H19FN4OS/c17-14-4-2-1-3-13(14)15-18-20(11-19-7-9-22-10-8-19)16(23)21(15)12-5-6-12/h1-4,12H,5-11H2/p+1. The van der Waals surface area contributed by atoms with Crippen molar-refractivity contribution in [3.05, 3.63) is 34.9 Å². The maximum absolute atomic E-state index is 14.2. The summed E-state index contributed by atoms with van der Waals surface area (Å²) in [6.07, 6.45) is 2.18. The Morgan fingerprint density at radius 2 is 2.00 bits per heavy atom. The van der Waals surface area contributed by atoms with E-state index in [0.717, 1.165) is 39.1 Å². The molecule has 7 heteroatoms. The largest absolute Gasteiger partial charge is 0.370 e. The molecule has 2 heterocycles. The van der Waals surface area contributed by atoms with Crippen molar-refractivity contribution in [2.24, 2.45) is 0 Å². The fourth-order valence-corrected chi connectivity index (χ4v) is 3.38. The van der Waals surface area contributed by atoms with Gasteiger partial charge in [-0.25, -0.2) is 4.39 Å². The summed E-state index contributed by atoms with van der Waals surface area (Å²) in [5.74, 6) is 0.406. The third kappa shape index (κ3) is 2.96. The van der Waals surface area contributed by atoms with Crippen LogP contribution in [0.1, 0.15) is 18.9 Å². The minimum Gasteiger partial charge on any atom is -0.370 e. The number of aromatic nitrogens is 3. The predicted molar refractivity (Wildman–Crippen MR) is 86.2 cm³/mol. The van der Waals surface area contributed by atoms with Crippen LogP contribution in [-0.2, 0) is 11.4 Å². The Balaban J connectivity index is 1.72. The van der Waals surface area contributed by atoms with Gasteiger partial charge in [0.05, 0.1) is 18.8 Å². The first-order valence-electron chi connectivity index (χ1n) is 8.09. The SMILES string of the molecule is Fc1ccccc1-c1nn(C[NH+]2CCOCC2)c(=S)n1C1CC1. The summed E-state index contributed by atoms with van der Waals surface area (Å²) in [5.41, 5.74) is 0.529. The van der Waals surface area contributed by atoms with E-state index in [4.69, 9.17) is 17.0 Å². The van der Waals surface area contributed by atoms with E-state index in [-0.39, 0.29) is 5.82 Å². The van der Waals surface area contributed by atoms with Gasteiger partial charge in [0, 0.05) is 6.04 Å². The number of hydrogen-bond acceptors (Lipinski definition) is 3. The average molecular weight is 335 g/mol. The Kier molecular flexibility index (Phi) is 4.00. The number of ether oxygens (including phenoxy) is 1. The van der Waals surface area contributed by atoms with Gasteiger partial charge in [-0.15, -0.1) is 5.10 Å². The van der Waals surface area contributed by atoms with Gasteiger partial charge >= 0.3 is 0 Å². The van der Waals surface area contributed by atoms with Crippen molar-refractivity contribution in [3.63, 3.8) is 0 Å². The molecular formula is C16H20FN4OS+. The fourth-order valence-electron chi connectivity index (χ4n) is 3.04. The molecule has 5 nitrogen and oxygen atoms in total. The molecule has 1 aromatic carbocycles. The van der Waals surface area contributed by atoms with Crippen LogP contribution >= 0.6 is 12.2 Å². The van der Waals surface area contributed by atoms with Crippen LogP contribution in [0.4, 0.5) is 4.39 Å². The second-order valence-corrected chi connectivity index (χ2v) is 6.57. The maximum Gasteiger partial charge on any atom is 0.203 e. The first-order valence-corrected chi connectivity index (χ1v) is 8.50. The Bertz CT molecular complexity index is 762. The van der Waals surface area contributed by atoms with E-state index >= 15 is 0 Å². The number of morpholine rings is 1. The highest BCUT2D eigenvalue weighted by atomic mass is 32.1. The summed E-state index contributed by atoms with van der Waals surface area (Å²) in [7, 11) is 0. The predicted octanol–water partition coefficient (Wildman–Crippen LogP) is 1.43. The molecule has 2 fully saturated rings. The van der Waals surface area contributed by atoms with Gasteiger partial charge in [0.1, 0.15) is 18.9 Å². The monoisotopic (exact) mass is 335 g/mol. The van der Waals surface area contributed by atoms with Crippen molar-refractivity contribution >= 4 is 12.2 Å². The lowest BCUT2D eigenvalue weighted by molar-refractivity contribution is -0.930. The van der Waals surface area contributed by atoms with Crippen molar-refractivity contribution in [2.75, 3.05) is 26.3 Å². The van der Waals surface area contributed by atoms with E-state index < -0.39 is 0 Å². The van der Waals surface area contributed by atoms with Crippen molar-refractivity contribution in [3.8, 4) is 11.4 Å². The molecule has 1 aromatic heterocycles. The molecule has 1 aliphatic heterocycles. The molecule has 1 saturated carbocycles. The van der Waals surface area contributed by atoms with E-state index in [0.29, 0.717) is 28.9 Å². The average Bonchev–Trinajstić information content (AvgIpc) is 3.35. The second kappa shape index (κ2) is 6.14. The summed E-state index contributed by atoms with van der Waals surface area (Å²) in [6, 6.07) is 7.15. The van der Waals surface area contributed by atoms with E-state index in [2.05, 4.69) is 5.10 Å². The number of hydrogen-bond donors (Lipinski definition) is 1. The molecule has 0 unspecified atom stereocenters. The van der Waals surface area contributed by atoms with Gasteiger partial charge in [0.25, 0.3) is 0 Å². The highest BCUT2D eigenvalue weighted by molar-refractivity contribution is 7.71. The van der Waals surface area contributed by atoms with Gasteiger partial charge < -0.3 is 9.64 Å². The van der Waals surface area contributed by atoms with Gasteiger partial charge in [-0.2, -0.15) is 4.68 Å². The molecule has 4 rings (SSSR count). The van der Waals surface area contributed by atoms with Crippen LogP contribution in [0.5, 0.6) is 0 Å². The van der Waals surface area contributed by atoms with Gasteiger partial charge in [-0.05, 0) is 37.2 Å². The van der Waals surface area contributed by atoms with Crippen molar-refractivity contribution in [1.29, 1.82) is 0 Å². The van der Waals surface area contributed by atoms with Crippen molar-refractivity contribution < 1.29 is 14.0 Å². The highest BCUT2D eigenvalue weighted by Gasteiger charge is 2.30. The molecule has 2 aliphatic rings. The minimum absolute atomic E-state index is 0.250. The molecule has 0 bridgehead atoms. The van der Waals surface area contributed by atoms with Crippen LogP contribution in [0, 0.1) is 10.6 Å². The third-order valence-corrected chi connectivity index (χ3v) is 4.88. The van der Waals surface area contributed by atoms with Crippen LogP contribution in [0.3, 0.4) is 0 Å². The number of nitrogens with zero attached hydrogens (tertiary/aromatic N) is 3. The second-order valence-electron chi connectivity index (χ2n) is 6.21. The van der Waals surface area contributed by atoms with Gasteiger partial charge in [-0.1, -0.05) is 12.1 Å². The van der Waals surface area contributed by atoms with E-state index in [1.165, 1.54) is 11.0 Å². The molecule has 0 spiro atoms. The molecule has 23 heavy (non-hydrogen) atoms. The smallest absolute Gasteiger partial charge is 0.203 e. The molecule has 1 N–H and O–H groups in total. The number of quaternary nitrogens is 1. The molecule has 0 radical (unpaired) electrons. The van der Waals surface area contributed by atoms with Crippen LogP contribution < -0.4 is 4.90 Å². The number of halogens is 1. The number of nitrogens with one attached hydrogen (secondary N) is 1. The maximum atomic E-state index is 14.2. The lowest BCUT2D eigenvalue weighted by Gasteiger charge is -2.23. The quantitative estimate of drug-likeness (QED) is 0.859. The normalized spacial score (nSPS) is 19.2. The summed E-state index contributed by atoms with van der Waals surface area (Å²) < 4.78 is 24.2. The van der Waals surface area contributed by atoms with Crippen LogP contribution in [-0.4, -0.2) is 40.7 Å². The zero-order chi connectivity index (χ0) is 15.8. The first-order chi connectivity index (χ1) is 11.2. The van der Waals surface area contributed by atoms with E-state index in [1.54, 1.807) is 12.1 Å². The lowest BCUT2D eigenvalue weighted by atomic mass is 10.2. The Morgan fingerprint density at radius 3 is 2.70 bits per heavy atom. The Hall–Kier alpha value is -1.57. The topological polar surface area (TPSA) is 36.4 Å². The van der Waals surface area contributed by atoms with E-state index in [1.807, 2.05) is 15.3 Å². The van der Waals surface area contributed by atoms with E-state index in [9.17, 15) is 4.39 Å². The molecular weight excluding hydrogens is 315 g/mol. The number of rotatable bonds is 4. The summed E-state index contributed by atoms with van der Waals surface area (Å²) >= 11 is 5.64. The van der Waals surface area contributed by atoms with Gasteiger partial charge in [0.15, 0.2) is 12.5 Å². The molecule has 122 valence electrons. The minimum atomic E-state index is -0.250. The van der Waals surface area contributed by atoms with Crippen LogP contribution in [0.2, 0.25) is 0 Å².